The van der Waals surface area contributed by atoms with Crippen molar-refractivity contribution in [3.05, 3.63) is 11.8 Å². The average Bonchev–Trinajstić information content (AvgIpc) is 2.64. The maximum absolute atomic E-state index is 11.9. The smallest absolute Gasteiger partial charge is 0.356 e. The molecule has 0 heterocycles. The zero-order chi connectivity index (χ0) is 20.8. The van der Waals surface area contributed by atoms with Crippen LogP contribution in [0.1, 0.15) is 73.6 Å². The van der Waals surface area contributed by atoms with Crippen LogP contribution >= 0.6 is 0 Å². The number of allylic oxidation sites excluding steroid dienone is 1. The summed E-state index contributed by atoms with van der Waals surface area (Å²) in [4.78, 5) is 16.1. The number of aliphatic imine (C=N–C) groups is 1. The van der Waals surface area contributed by atoms with Crippen LogP contribution in [0.4, 0.5) is 0 Å². The Morgan fingerprint density at radius 1 is 1.30 bits per heavy atom. The molecule has 152 valence electrons. The Morgan fingerprint density at radius 2 is 1.96 bits per heavy atom. The lowest BCUT2D eigenvalue weighted by molar-refractivity contribution is -0.138. The van der Waals surface area contributed by atoms with Crippen LogP contribution < -0.4 is 0 Å². The van der Waals surface area contributed by atoms with Gasteiger partial charge in [-0.2, -0.15) is 0 Å². The SMILES string of the molecule is C/C=C(\N=C(/C)C(O)CC(B(C#N)CCCCCC)C(C)C)C(=O)OCC. The Labute approximate surface area is 166 Å². The third kappa shape index (κ3) is 9.77. The number of hydrogen-bond acceptors (Lipinski definition) is 5. The summed E-state index contributed by atoms with van der Waals surface area (Å²) < 4.78 is 4.98. The summed E-state index contributed by atoms with van der Waals surface area (Å²) in [6.07, 6.45) is 6.69. The molecule has 0 saturated carbocycles. The summed E-state index contributed by atoms with van der Waals surface area (Å²) >= 11 is 0. The highest BCUT2D eigenvalue weighted by molar-refractivity contribution is 6.68. The highest BCUT2D eigenvalue weighted by Crippen LogP contribution is 2.30. The standard InChI is InChI=1S/C21H37BN2O3/c1-7-10-11-12-13-22(15-23)18(16(4)5)14-20(25)17(6)24-19(8-2)21(26)27-9-3/h8,16,18,20,25H,7,9-14H2,1-6H3/b19-8-,24-17+. The molecule has 6 heteroatoms. The third-order valence-electron chi connectivity index (χ3n) is 4.94. The van der Waals surface area contributed by atoms with Crippen LogP contribution in [-0.2, 0) is 9.53 Å². The highest BCUT2D eigenvalue weighted by Gasteiger charge is 2.31. The van der Waals surface area contributed by atoms with Gasteiger partial charge in [0.05, 0.1) is 12.7 Å². The van der Waals surface area contributed by atoms with Crippen molar-refractivity contribution >= 4 is 18.4 Å². The Morgan fingerprint density at radius 3 is 2.44 bits per heavy atom. The first kappa shape index (κ1) is 25.4. The molecule has 1 N–H and O–H groups in total. The zero-order valence-electron chi connectivity index (χ0n) is 18.0. The summed E-state index contributed by atoms with van der Waals surface area (Å²) in [5.41, 5.74) is 0.676. The van der Waals surface area contributed by atoms with Gasteiger partial charge in [0.1, 0.15) is 5.70 Å². The van der Waals surface area contributed by atoms with Gasteiger partial charge in [-0.15, -0.1) is 0 Å². The largest absolute Gasteiger partial charge is 0.461 e. The van der Waals surface area contributed by atoms with Gasteiger partial charge >= 0.3 is 5.97 Å². The molecule has 5 nitrogen and oxygen atoms in total. The summed E-state index contributed by atoms with van der Waals surface area (Å²) in [5.74, 6) is 2.34. The number of ether oxygens (including phenoxy) is 1. The first-order chi connectivity index (χ1) is 12.8. The lowest BCUT2D eigenvalue weighted by Gasteiger charge is -2.26. The lowest BCUT2D eigenvalue weighted by atomic mass is 9.36. The van der Waals surface area contributed by atoms with Gasteiger partial charge < -0.3 is 9.84 Å². The zero-order valence-corrected chi connectivity index (χ0v) is 18.0. The minimum Gasteiger partial charge on any atom is -0.461 e. The number of nitriles is 1. The first-order valence-electron chi connectivity index (χ1n) is 10.3. The van der Waals surface area contributed by atoms with Crippen LogP contribution in [0.3, 0.4) is 0 Å². The second-order valence-corrected chi connectivity index (χ2v) is 7.39. The van der Waals surface area contributed by atoms with E-state index < -0.39 is 12.1 Å². The number of unbranched alkanes of at least 4 members (excludes halogenated alkanes) is 3. The molecular formula is C21H37BN2O3. The van der Waals surface area contributed by atoms with E-state index in [2.05, 4.69) is 31.7 Å². The Hall–Kier alpha value is -1.61. The maximum atomic E-state index is 11.9. The summed E-state index contributed by atoms with van der Waals surface area (Å²) in [5, 5.41) is 20.3. The molecule has 27 heavy (non-hydrogen) atoms. The molecule has 0 spiro atoms. The molecule has 0 aromatic heterocycles. The van der Waals surface area contributed by atoms with Gasteiger partial charge in [0.25, 0.3) is 6.71 Å². The van der Waals surface area contributed by atoms with Gasteiger partial charge in [0.15, 0.2) is 0 Å². The minimum atomic E-state index is -0.784. The van der Waals surface area contributed by atoms with E-state index in [4.69, 9.17) is 4.74 Å². The van der Waals surface area contributed by atoms with Gasteiger partial charge in [-0.3, -0.25) is 0 Å². The van der Waals surface area contributed by atoms with Crippen LogP contribution in [0, 0.1) is 17.1 Å². The van der Waals surface area contributed by atoms with Gasteiger partial charge in [-0.25, -0.2) is 15.0 Å². The van der Waals surface area contributed by atoms with Crippen molar-refractivity contribution < 1.29 is 14.6 Å². The predicted octanol–water partition coefficient (Wildman–Crippen LogP) is 4.83. The molecule has 0 aliphatic heterocycles. The number of hydrogen-bond donors (Lipinski definition) is 1. The molecule has 0 aliphatic carbocycles. The Bertz CT molecular complexity index is 538. The Kier molecular flexibility index (Phi) is 13.6. The van der Waals surface area contributed by atoms with E-state index in [0.717, 1.165) is 19.2 Å². The Balaban J connectivity index is 5.08. The predicted molar refractivity (Wildman–Crippen MR) is 113 cm³/mol. The number of esters is 1. The van der Waals surface area contributed by atoms with Crippen LogP contribution in [-0.4, -0.2) is 36.2 Å². The molecule has 0 aromatic carbocycles. The van der Waals surface area contributed by atoms with Crippen molar-refractivity contribution in [3.63, 3.8) is 0 Å². The van der Waals surface area contributed by atoms with Crippen molar-refractivity contribution in [1.82, 2.24) is 0 Å². The van der Waals surface area contributed by atoms with E-state index in [1.165, 1.54) is 12.8 Å². The number of carbonyl (C=O) groups excluding carboxylic acids is 1. The van der Waals surface area contributed by atoms with Gasteiger partial charge in [-0.1, -0.05) is 58.9 Å². The van der Waals surface area contributed by atoms with Gasteiger partial charge in [0.2, 0.25) is 0 Å². The average molecular weight is 376 g/mol. The fraction of sp³-hybridized carbons (Fsp3) is 0.762. The van der Waals surface area contributed by atoms with E-state index in [9.17, 15) is 15.2 Å². The number of aliphatic hydroxyl groups is 1. The van der Waals surface area contributed by atoms with Crippen molar-refractivity contribution in [2.24, 2.45) is 10.9 Å². The van der Waals surface area contributed by atoms with Gasteiger partial charge in [-0.05, 0) is 38.9 Å². The number of rotatable bonds is 13. The molecule has 0 rings (SSSR count). The maximum Gasteiger partial charge on any atom is 0.356 e. The van der Waals surface area contributed by atoms with Crippen LogP contribution in [0.25, 0.3) is 0 Å². The minimum absolute atomic E-state index is 0.0736. The molecule has 2 unspecified atom stereocenters. The van der Waals surface area contributed by atoms with Crippen molar-refractivity contribution in [3.8, 4) is 5.97 Å². The molecule has 2 atom stereocenters. The molecule has 0 saturated heterocycles. The second-order valence-electron chi connectivity index (χ2n) is 7.39. The lowest BCUT2D eigenvalue weighted by Crippen LogP contribution is -2.30. The molecule has 0 aromatic rings. The van der Waals surface area contributed by atoms with Crippen molar-refractivity contribution in [2.45, 2.75) is 91.9 Å². The van der Waals surface area contributed by atoms with Crippen LogP contribution in [0.5, 0.6) is 0 Å². The second kappa shape index (κ2) is 14.5. The number of carbonyl (C=O) groups is 1. The fourth-order valence-corrected chi connectivity index (χ4v) is 3.19. The fourth-order valence-electron chi connectivity index (χ4n) is 3.19. The molecule has 0 bridgehead atoms. The summed E-state index contributed by atoms with van der Waals surface area (Å²) in [6.45, 7) is 11.7. The summed E-state index contributed by atoms with van der Waals surface area (Å²) in [6, 6.07) is 0. The van der Waals surface area contributed by atoms with Crippen LogP contribution in [0.15, 0.2) is 16.8 Å². The quantitative estimate of drug-likeness (QED) is 0.164. The van der Waals surface area contributed by atoms with E-state index in [-0.39, 0.29) is 30.8 Å². The molecule has 0 fully saturated rings. The topological polar surface area (TPSA) is 82.7 Å². The number of nitrogens with zero attached hydrogens (tertiary/aromatic N) is 2. The van der Waals surface area contributed by atoms with E-state index in [1.807, 2.05) is 0 Å². The van der Waals surface area contributed by atoms with E-state index >= 15 is 0 Å². The van der Waals surface area contributed by atoms with E-state index in [1.54, 1.807) is 26.8 Å². The summed E-state index contributed by atoms with van der Waals surface area (Å²) in [7, 11) is 0. The highest BCUT2D eigenvalue weighted by atomic mass is 16.5. The molecule has 0 amide bonds. The monoisotopic (exact) mass is 376 g/mol. The van der Waals surface area contributed by atoms with Crippen LogP contribution in [0.2, 0.25) is 12.1 Å². The molecular weight excluding hydrogens is 339 g/mol. The first-order valence-corrected chi connectivity index (χ1v) is 10.3. The molecule has 0 aliphatic rings. The van der Waals surface area contributed by atoms with E-state index in [0.29, 0.717) is 12.1 Å². The van der Waals surface area contributed by atoms with Crippen molar-refractivity contribution in [2.75, 3.05) is 6.61 Å². The van der Waals surface area contributed by atoms with Gasteiger partial charge in [0, 0.05) is 11.7 Å². The molecule has 0 radical (unpaired) electrons. The number of aliphatic hydroxyl groups excluding tert-OH is 1. The van der Waals surface area contributed by atoms with Crippen molar-refractivity contribution in [1.29, 1.82) is 5.26 Å². The normalized spacial score (nSPS) is 14.6. The third-order valence-corrected chi connectivity index (χ3v) is 4.94.